The SMILES string of the molecule is O=C(COC(=O)c1n[nH]c2ccccc12)Nc1cccc(Cl)c1. The molecule has 0 saturated carbocycles. The molecular formula is C16H12ClN3O3. The number of amides is 1. The molecular weight excluding hydrogens is 318 g/mol. The largest absolute Gasteiger partial charge is 0.451 e. The van der Waals surface area contributed by atoms with Crippen LogP contribution in [0.5, 0.6) is 0 Å². The number of carbonyl (C=O) groups excluding carboxylic acids is 2. The van der Waals surface area contributed by atoms with Crippen molar-refractivity contribution in [1.29, 1.82) is 0 Å². The summed E-state index contributed by atoms with van der Waals surface area (Å²) in [5.74, 6) is -1.12. The number of hydrogen-bond acceptors (Lipinski definition) is 4. The van der Waals surface area contributed by atoms with E-state index in [-0.39, 0.29) is 5.69 Å². The number of halogens is 1. The second kappa shape index (κ2) is 6.50. The molecule has 3 aromatic rings. The van der Waals surface area contributed by atoms with Gasteiger partial charge in [-0.3, -0.25) is 9.89 Å². The van der Waals surface area contributed by atoms with Crippen molar-refractivity contribution in [3.05, 3.63) is 59.2 Å². The van der Waals surface area contributed by atoms with Gasteiger partial charge in [0.25, 0.3) is 5.91 Å². The molecule has 6 nitrogen and oxygen atoms in total. The lowest BCUT2D eigenvalue weighted by molar-refractivity contribution is -0.119. The lowest BCUT2D eigenvalue weighted by Crippen LogP contribution is -2.21. The zero-order valence-electron chi connectivity index (χ0n) is 11.9. The summed E-state index contributed by atoms with van der Waals surface area (Å²) in [5, 5.41) is 10.4. The maximum absolute atomic E-state index is 12.0. The lowest BCUT2D eigenvalue weighted by atomic mass is 10.2. The third kappa shape index (κ3) is 3.49. The van der Waals surface area contributed by atoms with E-state index in [0.29, 0.717) is 16.1 Å². The minimum absolute atomic E-state index is 0.149. The molecule has 0 saturated heterocycles. The fraction of sp³-hybridized carbons (Fsp3) is 0.0625. The van der Waals surface area contributed by atoms with Crippen molar-refractivity contribution in [3.8, 4) is 0 Å². The summed E-state index contributed by atoms with van der Waals surface area (Å²) in [6.45, 7) is -0.410. The Morgan fingerprint density at radius 2 is 2.00 bits per heavy atom. The maximum Gasteiger partial charge on any atom is 0.359 e. The Balaban J connectivity index is 1.61. The Kier molecular flexibility index (Phi) is 4.25. The molecule has 3 rings (SSSR count). The van der Waals surface area contributed by atoms with E-state index >= 15 is 0 Å². The number of aromatic amines is 1. The van der Waals surface area contributed by atoms with Gasteiger partial charge in [0.05, 0.1) is 5.52 Å². The quantitative estimate of drug-likeness (QED) is 0.721. The summed E-state index contributed by atoms with van der Waals surface area (Å²) < 4.78 is 4.99. The van der Waals surface area contributed by atoms with Crippen LogP contribution in [0.1, 0.15) is 10.5 Å². The number of nitrogens with one attached hydrogen (secondary N) is 2. The van der Waals surface area contributed by atoms with Gasteiger partial charge in [-0.2, -0.15) is 5.10 Å². The van der Waals surface area contributed by atoms with Gasteiger partial charge in [0.15, 0.2) is 12.3 Å². The van der Waals surface area contributed by atoms with Crippen LogP contribution in [0.3, 0.4) is 0 Å². The zero-order chi connectivity index (χ0) is 16.2. The highest BCUT2D eigenvalue weighted by Gasteiger charge is 2.16. The second-order valence-corrected chi connectivity index (χ2v) is 5.19. The number of fused-ring (bicyclic) bond motifs is 1. The molecule has 2 aromatic carbocycles. The van der Waals surface area contributed by atoms with Gasteiger partial charge in [0.2, 0.25) is 0 Å². The highest BCUT2D eigenvalue weighted by atomic mass is 35.5. The van der Waals surface area contributed by atoms with Crippen LogP contribution in [0.15, 0.2) is 48.5 Å². The molecule has 7 heteroatoms. The number of hydrogen-bond donors (Lipinski definition) is 2. The third-order valence-electron chi connectivity index (χ3n) is 3.11. The van der Waals surface area contributed by atoms with Crippen molar-refractivity contribution in [3.63, 3.8) is 0 Å². The van der Waals surface area contributed by atoms with Gasteiger partial charge >= 0.3 is 5.97 Å². The molecule has 2 N–H and O–H groups in total. The van der Waals surface area contributed by atoms with Crippen LogP contribution in [-0.4, -0.2) is 28.7 Å². The molecule has 0 spiro atoms. The van der Waals surface area contributed by atoms with Gasteiger partial charge in [0.1, 0.15) is 0 Å². The normalized spacial score (nSPS) is 10.5. The minimum Gasteiger partial charge on any atom is -0.451 e. The summed E-state index contributed by atoms with van der Waals surface area (Å²) in [6, 6.07) is 13.9. The van der Waals surface area contributed by atoms with Crippen molar-refractivity contribution < 1.29 is 14.3 Å². The Morgan fingerprint density at radius 1 is 1.17 bits per heavy atom. The third-order valence-corrected chi connectivity index (χ3v) is 3.34. The van der Waals surface area contributed by atoms with E-state index in [4.69, 9.17) is 16.3 Å². The Morgan fingerprint density at radius 3 is 2.83 bits per heavy atom. The molecule has 0 atom stereocenters. The molecule has 0 aliphatic heterocycles. The van der Waals surface area contributed by atoms with Gasteiger partial charge in [-0.25, -0.2) is 4.79 Å². The summed E-state index contributed by atoms with van der Waals surface area (Å²) in [6.07, 6.45) is 0. The van der Waals surface area contributed by atoms with E-state index in [2.05, 4.69) is 15.5 Å². The molecule has 0 unspecified atom stereocenters. The predicted octanol–water partition coefficient (Wildman–Crippen LogP) is 3.01. The Labute approximate surface area is 136 Å². The van der Waals surface area contributed by atoms with Crippen LogP contribution in [0, 0.1) is 0 Å². The summed E-state index contributed by atoms with van der Waals surface area (Å²) >= 11 is 5.83. The van der Waals surface area contributed by atoms with Gasteiger partial charge in [-0.05, 0) is 24.3 Å². The number of benzene rings is 2. The first-order valence-electron chi connectivity index (χ1n) is 6.79. The molecule has 0 aliphatic carbocycles. The molecule has 0 aliphatic rings. The number of anilines is 1. The number of aromatic nitrogens is 2. The van der Waals surface area contributed by atoms with Crippen molar-refractivity contribution in [2.45, 2.75) is 0 Å². The average molecular weight is 330 g/mol. The van der Waals surface area contributed by atoms with Crippen LogP contribution in [0.4, 0.5) is 5.69 Å². The molecule has 116 valence electrons. The lowest BCUT2D eigenvalue weighted by Gasteiger charge is -2.06. The topological polar surface area (TPSA) is 84.1 Å². The van der Waals surface area contributed by atoms with Crippen LogP contribution < -0.4 is 5.32 Å². The molecule has 23 heavy (non-hydrogen) atoms. The molecule has 1 aromatic heterocycles. The van der Waals surface area contributed by atoms with Crippen molar-refractivity contribution in [2.24, 2.45) is 0 Å². The number of ether oxygens (including phenoxy) is 1. The molecule has 1 amide bonds. The highest BCUT2D eigenvalue weighted by Crippen LogP contribution is 2.16. The fourth-order valence-corrected chi connectivity index (χ4v) is 2.27. The Bertz CT molecular complexity index is 876. The number of para-hydroxylation sites is 1. The molecule has 0 radical (unpaired) electrons. The van der Waals surface area contributed by atoms with Gasteiger partial charge in [0, 0.05) is 16.1 Å². The monoisotopic (exact) mass is 329 g/mol. The Hall–Kier alpha value is -2.86. The van der Waals surface area contributed by atoms with Crippen molar-refractivity contribution in [2.75, 3.05) is 11.9 Å². The van der Waals surface area contributed by atoms with Gasteiger partial charge in [-0.1, -0.05) is 35.9 Å². The van der Waals surface area contributed by atoms with Crippen molar-refractivity contribution >= 4 is 40.1 Å². The minimum atomic E-state index is -0.663. The molecule has 0 fully saturated rings. The van der Waals surface area contributed by atoms with Crippen LogP contribution in [0.2, 0.25) is 5.02 Å². The van der Waals surface area contributed by atoms with Gasteiger partial charge in [-0.15, -0.1) is 0 Å². The fourth-order valence-electron chi connectivity index (χ4n) is 2.08. The highest BCUT2D eigenvalue weighted by molar-refractivity contribution is 6.30. The van der Waals surface area contributed by atoms with E-state index in [1.807, 2.05) is 6.07 Å². The second-order valence-electron chi connectivity index (χ2n) is 4.75. The first-order valence-corrected chi connectivity index (χ1v) is 7.17. The van der Waals surface area contributed by atoms with Gasteiger partial charge < -0.3 is 10.1 Å². The maximum atomic E-state index is 12.0. The predicted molar refractivity (Wildman–Crippen MR) is 86.5 cm³/mol. The smallest absolute Gasteiger partial charge is 0.359 e. The van der Waals surface area contributed by atoms with E-state index in [1.165, 1.54) is 0 Å². The molecule has 1 heterocycles. The number of nitrogens with zero attached hydrogens (tertiary/aromatic N) is 1. The standard InChI is InChI=1S/C16H12ClN3O3/c17-10-4-3-5-11(8-10)18-14(21)9-23-16(22)15-12-6-1-2-7-13(12)19-20-15/h1-8H,9H2,(H,18,21)(H,19,20). The number of rotatable bonds is 4. The first-order chi connectivity index (χ1) is 11.1. The van der Waals surface area contributed by atoms with E-state index in [9.17, 15) is 9.59 Å². The van der Waals surface area contributed by atoms with E-state index in [1.54, 1.807) is 42.5 Å². The van der Waals surface area contributed by atoms with Crippen molar-refractivity contribution in [1.82, 2.24) is 10.2 Å². The summed E-state index contributed by atoms with van der Waals surface area (Å²) in [7, 11) is 0. The first kappa shape index (κ1) is 15.1. The summed E-state index contributed by atoms with van der Waals surface area (Å²) in [5.41, 5.74) is 1.41. The van der Waals surface area contributed by atoms with Crippen LogP contribution >= 0.6 is 11.6 Å². The summed E-state index contributed by atoms with van der Waals surface area (Å²) in [4.78, 5) is 23.8. The van der Waals surface area contributed by atoms with Crippen LogP contribution in [-0.2, 0) is 9.53 Å². The average Bonchev–Trinajstić information content (AvgIpc) is 2.97. The van der Waals surface area contributed by atoms with E-state index < -0.39 is 18.5 Å². The number of carbonyl (C=O) groups is 2. The number of esters is 1. The van der Waals surface area contributed by atoms with Crippen LogP contribution in [0.25, 0.3) is 10.9 Å². The van der Waals surface area contributed by atoms with E-state index in [0.717, 1.165) is 5.52 Å². The molecule has 0 bridgehead atoms. The number of H-pyrrole nitrogens is 1. The zero-order valence-corrected chi connectivity index (χ0v) is 12.6.